The molecule has 7 heteroatoms. The molecule has 0 amide bonds. The van der Waals surface area contributed by atoms with E-state index in [1.54, 1.807) is 0 Å². The highest BCUT2D eigenvalue weighted by atomic mass is 16.5. The highest BCUT2D eigenvalue weighted by Gasteiger charge is 2.36. The number of hydrogen-bond acceptors (Lipinski definition) is 6. The van der Waals surface area contributed by atoms with Crippen LogP contribution < -0.4 is 4.90 Å². The van der Waals surface area contributed by atoms with E-state index in [1.165, 1.54) is 11.4 Å². The Morgan fingerprint density at radius 2 is 1.88 bits per heavy atom. The molecule has 2 atom stereocenters. The minimum Gasteiger partial charge on any atom is -0.378 e. The van der Waals surface area contributed by atoms with Gasteiger partial charge in [-0.3, -0.25) is 14.5 Å². The summed E-state index contributed by atoms with van der Waals surface area (Å²) in [4.78, 5) is 7.49. The maximum atomic E-state index is 5.99. The van der Waals surface area contributed by atoms with Crippen molar-refractivity contribution in [2.24, 2.45) is 7.05 Å². The molecule has 0 bridgehead atoms. The van der Waals surface area contributed by atoms with Gasteiger partial charge in [-0.15, -0.1) is 0 Å². The summed E-state index contributed by atoms with van der Waals surface area (Å²) in [6.45, 7) is 10.7. The lowest BCUT2D eigenvalue weighted by Crippen LogP contribution is -2.58. The van der Waals surface area contributed by atoms with Crippen molar-refractivity contribution < 1.29 is 9.47 Å². The van der Waals surface area contributed by atoms with Crippen LogP contribution in [0.3, 0.4) is 0 Å². The molecule has 1 aromatic rings. The summed E-state index contributed by atoms with van der Waals surface area (Å²) in [5.41, 5.74) is 2.53. The summed E-state index contributed by atoms with van der Waals surface area (Å²) in [6, 6.07) is 0.520. The van der Waals surface area contributed by atoms with Crippen LogP contribution in [0.4, 0.5) is 5.82 Å². The lowest BCUT2D eigenvalue weighted by Gasteiger charge is -2.45. The number of piperidine rings is 1. The van der Waals surface area contributed by atoms with E-state index < -0.39 is 0 Å². The quantitative estimate of drug-likeness (QED) is 0.791. The Hall–Kier alpha value is -1.15. The van der Waals surface area contributed by atoms with Gasteiger partial charge in [0.25, 0.3) is 0 Å². The molecule has 4 rings (SSSR count). The number of fused-ring (bicyclic) bond motifs is 1. The van der Waals surface area contributed by atoms with Crippen LogP contribution in [0.1, 0.15) is 17.7 Å². The summed E-state index contributed by atoms with van der Waals surface area (Å²) < 4.78 is 13.6. The zero-order chi connectivity index (χ0) is 17.4. The molecule has 140 valence electrons. The summed E-state index contributed by atoms with van der Waals surface area (Å²) in [6.07, 6.45) is 1.53. The van der Waals surface area contributed by atoms with E-state index in [9.17, 15) is 0 Å². The van der Waals surface area contributed by atoms with Gasteiger partial charge in [-0.25, -0.2) is 0 Å². The number of anilines is 1. The van der Waals surface area contributed by atoms with Gasteiger partial charge >= 0.3 is 0 Å². The second-order valence-corrected chi connectivity index (χ2v) is 7.59. The third-order valence-corrected chi connectivity index (χ3v) is 5.95. The van der Waals surface area contributed by atoms with Crippen molar-refractivity contribution in [3.8, 4) is 0 Å². The number of rotatable bonds is 3. The summed E-state index contributed by atoms with van der Waals surface area (Å²) in [5, 5.41) is 4.72. The van der Waals surface area contributed by atoms with Gasteiger partial charge in [-0.2, -0.15) is 5.10 Å². The van der Waals surface area contributed by atoms with Crippen molar-refractivity contribution in [3.63, 3.8) is 0 Å². The third-order valence-electron chi connectivity index (χ3n) is 5.95. The highest BCUT2D eigenvalue weighted by molar-refractivity contribution is 5.50. The summed E-state index contributed by atoms with van der Waals surface area (Å²) in [5.74, 6) is 1.27. The SMILES string of the molecule is Cc1nn(C)c(N2CCOCC2)c1CN1CC[C@@H]2OCCN(C)[C@H]2C1. The van der Waals surface area contributed by atoms with Crippen LogP contribution >= 0.6 is 0 Å². The number of nitrogens with zero attached hydrogens (tertiary/aromatic N) is 5. The van der Waals surface area contributed by atoms with Crippen molar-refractivity contribution in [2.45, 2.75) is 32.0 Å². The molecule has 3 aliphatic rings. The van der Waals surface area contributed by atoms with Gasteiger partial charge in [0.1, 0.15) is 5.82 Å². The first-order chi connectivity index (χ1) is 12.1. The Bertz CT molecular complexity index is 599. The second kappa shape index (κ2) is 7.23. The van der Waals surface area contributed by atoms with Crippen molar-refractivity contribution in [1.82, 2.24) is 19.6 Å². The zero-order valence-corrected chi connectivity index (χ0v) is 15.8. The molecule has 0 aliphatic carbocycles. The number of likely N-dealkylation sites (tertiary alicyclic amines) is 1. The lowest BCUT2D eigenvalue weighted by molar-refractivity contribution is -0.0956. The van der Waals surface area contributed by atoms with E-state index in [-0.39, 0.29) is 0 Å². The first-order valence-corrected chi connectivity index (χ1v) is 9.53. The topological polar surface area (TPSA) is 46.0 Å². The van der Waals surface area contributed by atoms with Gasteiger partial charge in [-0.05, 0) is 20.4 Å². The van der Waals surface area contributed by atoms with E-state index in [2.05, 4.69) is 40.4 Å². The average Bonchev–Trinajstić information content (AvgIpc) is 2.90. The number of morpholine rings is 2. The predicted octanol–water partition coefficient (Wildman–Crippen LogP) is 0.470. The van der Waals surface area contributed by atoms with Crippen LogP contribution in [0.5, 0.6) is 0 Å². The molecule has 0 radical (unpaired) electrons. The Morgan fingerprint density at radius 3 is 2.68 bits per heavy atom. The van der Waals surface area contributed by atoms with Crippen LogP contribution in [-0.4, -0.2) is 91.3 Å². The van der Waals surface area contributed by atoms with Crippen molar-refractivity contribution in [2.75, 3.05) is 64.5 Å². The van der Waals surface area contributed by atoms with Gasteiger partial charge in [-0.1, -0.05) is 0 Å². The maximum Gasteiger partial charge on any atom is 0.131 e. The molecule has 0 unspecified atom stereocenters. The molecule has 0 saturated carbocycles. The summed E-state index contributed by atoms with van der Waals surface area (Å²) >= 11 is 0. The first-order valence-electron chi connectivity index (χ1n) is 9.53. The fourth-order valence-electron chi connectivity index (χ4n) is 4.52. The Labute approximate surface area is 150 Å². The fraction of sp³-hybridized carbons (Fsp3) is 0.833. The zero-order valence-electron chi connectivity index (χ0n) is 15.8. The molecule has 3 saturated heterocycles. The number of hydrogen-bond donors (Lipinski definition) is 0. The smallest absolute Gasteiger partial charge is 0.131 e. The molecular weight excluding hydrogens is 318 g/mol. The van der Waals surface area contributed by atoms with E-state index >= 15 is 0 Å². The number of ether oxygens (including phenoxy) is 2. The molecule has 7 nitrogen and oxygen atoms in total. The molecule has 4 heterocycles. The minimum absolute atomic E-state index is 0.406. The molecule has 25 heavy (non-hydrogen) atoms. The molecular formula is C18H31N5O2. The molecule has 0 aromatic carbocycles. The normalized spacial score (nSPS) is 29.0. The second-order valence-electron chi connectivity index (χ2n) is 7.59. The van der Waals surface area contributed by atoms with Crippen LogP contribution in [-0.2, 0) is 23.1 Å². The van der Waals surface area contributed by atoms with Crippen LogP contribution in [0.15, 0.2) is 0 Å². The van der Waals surface area contributed by atoms with Crippen LogP contribution in [0.25, 0.3) is 0 Å². The minimum atomic E-state index is 0.406. The van der Waals surface area contributed by atoms with E-state index in [0.717, 1.165) is 71.2 Å². The predicted molar refractivity (Wildman–Crippen MR) is 97.0 cm³/mol. The van der Waals surface area contributed by atoms with Gasteiger partial charge in [0, 0.05) is 57.9 Å². The van der Waals surface area contributed by atoms with Gasteiger partial charge in [0.2, 0.25) is 0 Å². The van der Waals surface area contributed by atoms with Crippen LogP contribution in [0.2, 0.25) is 0 Å². The maximum absolute atomic E-state index is 5.99. The molecule has 0 spiro atoms. The van der Waals surface area contributed by atoms with Crippen LogP contribution in [0, 0.1) is 6.92 Å². The van der Waals surface area contributed by atoms with E-state index in [1.807, 2.05) is 0 Å². The Morgan fingerprint density at radius 1 is 1.08 bits per heavy atom. The summed E-state index contributed by atoms with van der Waals surface area (Å²) in [7, 11) is 4.30. The number of aromatic nitrogens is 2. The van der Waals surface area contributed by atoms with Gasteiger partial charge in [0.05, 0.1) is 31.6 Å². The Kier molecular flexibility index (Phi) is 4.99. The number of likely N-dealkylation sites (N-methyl/N-ethyl adjacent to an activating group) is 1. The van der Waals surface area contributed by atoms with Crippen molar-refractivity contribution in [1.29, 1.82) is 0 Å². The average molecular weight is 349 g/mol. The largest absolute Gasteiger partial charge is 0.378 e. The molecule has 0 N–H and O–H groups in total. The molecule has 3 fully saturated rings. The van der Waals surface area contributed by atoms with Crippen molar-refractivity contribution >= 4 is 5.82 Å². The van der Waals surface area contributed by atoms with Gasteiger partial charge < -0.3 is 14.4 Å². The lowest BCUT2D eigenvalue weighted by atomic mass is 9.98. The van der Waals surface area contributed by atoms with Gasteiger partial charge in [0.15, 0.2) is 0 Å². The highest BCUT2D eigenvalue weighted by Crippen LogP contribution is 2.28. The molecule has 1 aromatic heterocycles. The molecule has 3 aliphatic heterocycles. The number of aryl methyl sites for hydroxylation is 2. The van der Waals surface area contributed by atoms with Crippen molar-refractivity contribution in [3.05, 3.63) is 11.3 Å². The monoisotopic (exact) mass is 349 g/mol. The standard InChI is InChI=1S/C18H31N5O2/c1-14-15(18(21(3)19-14)23-7-9-24-10-8-23)12-22-5-4-17-16(13-22)20(2)6-11-25-17/h16-17H,4-13H2,1-3H3/t16-,17-/m0/s1. The first kappa shape index (κ1) is 17.3. The fourth-order valence-corrected chi connectivity index (χ4v) is 4.52. The Balaban J connectivity index is 1.50. The third kappa shape index (κ3) is 3.43. The van der Waals surface area contributed by atoms with E-state index in [0.29, 0.717) is 12.1 Å². The van der Waals surface area contributed by atoms with E-state index in [4.69, 9.17) is 14.6 Å².